The number of aromatic amines is 1. The predicted molar refractivity (Wildman–Crippen MR) is 131 cm³/mol. The highest BCUT2D eigenvalue weighted by Crippen LogP contribution is 2.49. The summed E-state index contributed by atoms with van der Waals surface area (Å²) in [5.41, 5.74) is 7.64. The number of aromatic nitrogens is 4. The number of hydrogen-bond donors (Lipinski definition) is 2. The molecule has 1 atom stereocenters. The van der Waals surface area contributed by atoms with Gasteiger partial charge in [0.1, 0.15) is 6.35 Å². The molecule has 0 bridgehead atoms. The Morgan fingerprint density at radius 1 is 1.24 bits per heavy atom. The van der Waals surface area contributed by atoms with Crippen LogP contribution in [0.1, 0.15) is 24.5 Å². The van der Waals surface area contributed by atoms with Crippen LogP contribution in [0, 0.1) is 6.92 Å². The molecule has 0 radical (unpaired) electrons. The first-order valence-electron chi connectivity index (χ1n) is 10.7. The van der Waals surface area contributed by atoms with Gasteiger partial charge in [0, 0.05) is 18.7 Å². The number of benzene rings is 1. The van der Waals surface area contributed by atoms with Crippen LogP contribution in [0.2, 0.25) is 0 Å². The van der Waals surface area contributed by atoms with Crippen molar-refractivity contribution in [3.8, 4) is 0 Å². The molecule has 2 heterocycles. The summed E-state index contributed by atoms with van der Waals surface area (Å²) >= 11 is 1.13. The van der Waals surface area contributed by atoms with Crippen LogP contribution in [-0.4, -0.2) is 49.9 Å². The average Bonchev–Trinajstić information content (AvgIpc) is 3.22. The highest BCUT2D eigenvalue weighted by atomic mass is 32.2. The Labute approximate surface area is 200 Å². The van der Waals surface area contributed by atoms with Crippen LogP contribution >= 0.6 is 19.4 Å². The second-order valence-electron chi connectivity index (χ2n) is 7.38. The van der Waals surface area contributed by atoms with Gasteiger partial charge in [0.05, 0.1) is 26.1 Å². The number of carbonyl (C=O) groups is 1. The molecular weight excluding hydrogens is 481 g/mol. The van der Waals surface area contributed by atoms with Crippen LogP contribution < -0.4 is 11.3 Å². The number of H-pyrrole nitrogens is 1. The fraction of sp³-hybridized carbons (Fsp3) is 0.429. The molecule has 13 heteroatoms. The van der Waals surface area contributed by atoms with Crippen molar-refractivity contribution in [1.82, 2.24) is 19.5 Å². The zero-order chi connectivity index (χ0) is 24.6. The normalized spacial score (nSPS) is 13.2. The highest BCUT2D eigenvalue weighted by Gasteiger charge is 2.25. The standard InChI is InChI=1S/C21H28N5O6PS/c1-3-17(27)34-11-10-31-33(29,32-12-16-6-4-15(2)5-7-16)14-30-9-8-26-13-23-18-19(26)24-21(22)25-20(18)28/h4-7,13H,3,8-12,14H2,1-2H3,(H3,22,24,25,28). The molecule has 0 saturated carbocycles. The molecule has 184 valence electrons. The number of thioether (sulfide) groups is 1. The topological polar surface area (TPSA) is 151 Å². The number of carbonyl (C=O) groups excluding carboxylic acids is 1. The van der Waals surface area contributed by atoms with Crippen LogP contribution in [0.3, 0.4) is 0 Å². The maximum absolute atomic E-state index is 13.3. The summed E-state index contributed by atoms with van der Waals surface area (Å²) in [6.07, 6.45) is 1.61. The van der Waals surface area contributed by atoms with E-state index in [1.165, 1.54) is 6.33 Å². The fourth-order valence-electron chi connectivity index (χ4n) is 2.88. The van der Waals surface area contributed by atoms with E-state index in [2.05, 4.69) is 15.0 Å². The first kappa shape index (κ1) is 26.1. The van der Waals surface area contributed by atoms with Crippen molar-refractivity contribution in [2.45, 2.75) is 33.4 Å². The molecule has 1 aromatic carbocycles. The van der Waals surface area contributed by atoms with Crippen LogP contribution in [0.15, 0.2) is 35.4 Å². The van der Waals surface area contributed by atoms with Crippen LogP contribution in [0.25, 0.3) is 11.2 Å². The maximum Gasteiger partial charge on any atom is 0.356 e. The summed E-state index contributed by atoms with van der Waals surface area (Å²) in [6.45, 7) is 4.38. The molecule has 34 heavy (non-hydrogen) atoms. The minimum atomic E-state index is -3.60. The summed E-state index contributed by atoms with van der Waals surface area (Å²) < 4.78 is 31.7. The summed E-state index contributed by atoms with van der Waals surface area (Å²) in [7, 11) is -3.60. The number of nitrogens with two attached hydrogens (primary N) is 1. The Balaban J connectivity index is 1.57. The lowest BCUT2D eigenvalue weighted by Gasteiger charge is -2.19. The first-order chi connectivity index (χ1) is 16.3. The third kappa shape index (κ3) is 7.51. The summed E-state index contributed by atoms with van der Waals surface area (Å²) in [4.78, 5) is 33.9. The van der Waals surface area contributed by atoms with Gasteiger partial charge in [-0.05, 0) is 12.5 Å². The number of rotatable bonds is 13. The monoisotopic (exact) mass is 509 g/mol. The lowest BCUT2D eigenvalue weighted by Crippen LogP contribution is -2.13. The lowest BCUT2D eigenvalue weighted by atomic mass is 10.2. The van der Waals surface area contributed by atoms with E-state index >= 15 is 0 Å². The number of aryl methyl sites for hydroxylation is 1. The number of ether oxygens (including phenoxy) is 1. The van der Waals surface area contributed by atoms with E-state index in [4.69, 9.17) is 19.5 Å². The van der Waals surface area contributed by atoms with Gasteiger partial charge in [-0.3, -0.25) is 19.1 Å². The number of nitrogens with one attached hydrogen (secondary N) is 1. The quantitative estimate of drug-likeness (QED) is 0.260. The molecule has 3 aromatic rings. The Morgan fingerprint density at radius 2 is 2.00 bits per heavy atom. The number of fused-ring (bicyclic) bond motifs is 1. The van der Waals surface area contributed by atoms with E-state index in [-0.39, 0.29) is 42.7 Å². The van der Waals surface area contributed by atoms with Gasteiger partial charge in [-0.1, -0.05) is 48.5 Å². The number of nitrogen functional groups attached to an aromatic ring is 1. The summed E-state index contributed by atoms with van der Waals surface area (Å²) in [6, 6.07) is 7.66. The van der Waals surface area contributed by atoms with Crippen molar-refractivity contribution in [2.24, 2.45) is 0 Å². The smallest absolute Gasteiger partial charge is 0.356 e. The molecule has 0 saturated heterocycles. The van der Waals surface area contributed by atoms with Gasteiger partial charge < -0.3 is 24.1 Å². The van der Waals surface area contributed by atoms with Crippen LogP contribution in [0.5, 0.6) is 0 Å². The van der Waals surface area contributed by atoms with Crippen molar-refractivity contribution in [3.05, 3.63) is 52.1 Å². The van der Waals surface area contributed by atoms with Gasteiger partial charge in [-0.2, -0.15) is 4.98 Å². The van der Waals surface area contributed by atoms with E-state index in [1.807, 2.05) is 31.2 Å². The van der Waals surface area contributed by atoms with Crippen molar-refractivity contribution in [2.75, 3.05) is 31.0 Å². The average molecular weight is 510 g/mol. The third-order valence-electron chi connectivity index (χ3n) is 4.69. The maximum atomic E-state index is 13.3. The minimum absolute atomic E-state index is 0.0120. The van der Waals surface area contributed by atoms with Gasteiger partial charge in [0.2, 0.25) is 5.95 Å². The molecular formula is C21H28N5O6PS. The van der Waals surface area contributed by atoms with Crippen molar-refractivity contribution < 1.29 is 23.1 Å². The van der Waals surface area contributed by atoms with Crippen molar-refractivity contribution in [3.63, 3.8) is 0 Å². The van der Waals surface area contributed by atoms with Gasteiger partial charge in [-0.25, -0.2) is 4.98 Å². The number of anilines is 1. The SMILES string of the molecule is CCC(=O)SCCOP(=O)(COCCn1cnc2c(=O)[nH]c(N)nc21)OCc1ccc(C)cc1. The Kier molecular flexibility index (Phi) is 9.43. The summed E-state index contributed by atoms with van der Waals surface area (Å²) in [5, 5.41) is 0.0379. The highest BCUT2D eigenvalue weighted by molar-refractivity contribution is 8.13. The lowest BCUT2D eigenvalue weighted by molar-refractivity contribution is -0.110. The van der Waals surface area contributed by atoms with E-state index < -0.39 is 13.2 Å². The van der Waals surface area contributed by atoms with Crippen molar-refractivity contribution >= 4 is 41.6 Å². The minimum Gasteiger partial charge on any atom is -0.369 e. The molecule has 2 aromatic heterocycles. The molecule has 3 N–H and O–H groups in total. The van der Waals surface area contributed by atoms with E-state index in [9.17, 15) is 14.2 Å². The predicted octanol–water partition coefficient (Wildman–Crippen LogP) is 3.08. The zero-order valence-corrected chi connectivity index (χ0v) is 20.8. The fourth-order valence-corrected chi connectivity index (χ4v) is 4.89. The molecule has 0 spiro atoms. The van der Waals surface area contributed by atoms with Gasteiger partial charge in [0.15, 0.2) is 16.3 Å². The molecule has 3 rings (SSSR count). The zero-order valence-electron chi connectivity index (χ0n) is 19.1. The Morgan fingerprint density at radius 3 is 2.74 bits per heavy atom. The Hall–Kier alpha value is -2.50. The molecule has 1 unspecified atom stereocenters. The second-order valence-corrected chi connectivity index (χ2v) is 10.5. The molecule has 0 amide bonds. The van der Waals surface area contributed by atoms with Gasteiger partial charge in [0.25, 0.3) is 5.56 Å². The van der Waals surface area contributed by atoms with Gasteiger partial charge >= 0.3 is 7.60 Å². The van der Waals surface area contributed by atoms with E-state index in [1.54, 1.807) is 11.5 Å². The largest absolute Gasteiger partial charge is 0.369 e. The van der Waals surface area contributed by atoms with Crippen LogP contribution in [0.4, 0.5) is 5.95 Å². The Bertz CT molecular complexity index is 1210. The first-order valence-corrected chi connectivity index (χ1v) is 13.4. The second kappa shape index (κ2) is 12.3. The number of imidazole rings is 1. The number of nitrogens with zero attached hydrogens (tertiary/aromatic N) is 3. The van der Waals surface area contributed by atoms with Crippen LogP contribution in [-0.2, 0) is 36.3 Å². The van der Waals surface area contributed by atoms with Crippen molar-refractivity contribution in [1.29, 1.82) is 0 Å². The summed E-state index contributed by atoms with van der Waals surface area (Å²) in [5.74, 6) is 0.356. The van der Waals surface area contributed by atoms with Gasteiger partial charge in [-0.15, -0.1) is 0 Å². The molecule has 0 aliphatic rings. The van der Waals surface area contributed by atoms with E-state index in [0.29, 0.717) is 24.4 Å². The third-order valence-corrected chi connectivity index (χ3v) is 7.27. The molecule has 0 aliphatic heterocycles. The molecule has 11 nitrogen and oxygen atoms in total. The molecule has 0 aliphatic carbocycles. The van der Waals surface area contributed by atoms with E-state index in [0.717, 1.165) is 22.9 Å². The molecule has 0 fully saturated rings. The number of hydrogen-bond acceptors (Lipinski definition) is 10.